The number of nitroso groups, excluding NO2 is 1. The minimum absolute atomic E-state index is 0.660. The fourth-order valence-electron chi connectivity index (χ4n) is 0.986. The molecular formula is C5H10N2O. The zero-order valence-electron chi connectivity index (χ0n) is 5.00. The van der Waals surface area contributed by atoms with Crippen LogP contribution in [-0.2, 0) is 0 Å². The van der Waals surface area contributed by atoms with Crippen LogP contribution in [0, 0.1) is 10.8 Å². The van der Waals surface area contributed by atoms with Crippen LogP contribution in [0.3, 0.4) is 0 Å². The molecule has 0 radical (unpaired) electrons. The summed E-state index contributed by atoms with van der Waals surface area (Å²) in [5, 5.41) is 4.40. The highest BCUT2D eigenvalue weighted by molar-refractivity contribution is 4.67. The molecule has 8 heavy (non-hydrogen) atoms. The Bertz CT molecular complexity index is 94.4. The quantitative estimate of drug-likeness (QED) is 0.476. The van der Waals surface area contributed by atoms with E-state index in [1.807, 2.05) is 0 Å². The van der Waals surface area contributed by atoms with E-state index in [0.717, 1.165) is 19.5 Å². The minimum atomic E-state index is 0.660. The minimum Gasteiger partial charge on any atom is -0.261 e. The molecule has 1 fully saturated rings. The van der Waals surface area contributed by atoms with Crippen molar-refractivity contribution in [2.75, 3.05) is 13.1 Å². The second-order valence-electron chi connectivity index (χ2n) is 2.39. The maximum atomic E-state index is 9.83. The van der Waals surface area contributed by atoms with E-state index in [4.69, 9.17) is 0 Å². The molecule has 1 unspecified atom stereocenters. The maximum Gasteiger partial charge on any atom is 0.0524 e. The Morgan fingerprint density at radius 1 is 1.75 bits per heavy atom. The summed E-state index contributed by atoms with van der Waals surface area (Å²) in [5.74, 6) is 0.660. The molecule has 0 bridgehead atoms. The second kappa shape index (κ2) is 2.11. The lowest BCUT2D eigenvalue weighted by atomic mass is 10.2. The van der Waals surface area contributed by atoms with E-state index >= 15 is 0 Å². The first-order valence-electron chi connectivity index (χ1n) is 2.91. The fraction of sp³-hybridized carbons (Fsp3) is 1.00. The average Bonchev–Trinajstić information content (AvgIpc) is 2.14. The largest absolute Gasteiger partial charge is 0.261 e. The van der Waals surface area contributed by atoms with E-state index in [0.29, 0.717) is 5.92 Å². The summed E-state index contributed by atoms with van der Waals surface area (Å²) in [6.45, 7) is 3.83. The zero-order chi connectivity index (χ0) is 5.98. The number of nitrogens with zero attached hydrogens (tertiary/aromatic N) is 2. The Balaban J connectivity index is 2.32. The maximum absolute atomic E-state index is 9.83. The smallest absolute Gasteiger partial charge is 0.0524 e. The average molecular weight is 114 g/mol. The van der Waals surface area contributed by atoms with Crippen LogP contribution in [0.2, 0.25) is 0 Å². The Labute approximate surface area is 48.6 Å². The van der Waals surface area contributed by atoms with Crippen LogP contribution in [0.4, 0.5) is 0 Å². The molecule has 0 N–H and O–H groups in total. The molecule has 1 aliphatic heterocycles. The predicted molar refractivity (Wildman–Crippen MR) is 31.1 cm³/mol. The van der Waals surface area contributed by atoms with Crippen molar-refractivity contribution in [1.82, 2.24) is 5.01 Å². The van der Waals surface area contributed by atoms with Crippen molar-refractivity contribution in [3.05, 3.63) is 4.91 Å². The molecular weight excluding hydrogens is 104 g/mol. The van der Waals surface area contributed by atoms with E-state index in [-0.39, 0.29) is 0 Å². The molecule has 1 heterocycles. The Hall–Kier alpha value is -0.600. The fourth-order valence-corrected chi connectivity index (χ4v) is 0.986. The van der Waals surface area contributed by atoms with E-state index in [1.165, 1.54) is 0 Å². The van der Waals surface area contributed by atoms with Crippen molar-refractivity contribution in [3.8, 4) is 0 Å². The first-order chi connectivity index (χ1) is 3.83. The predicted octanol–water partition coefficient (Wildman–Crippen LogP) is 1.01. The van der Waals surface area contributed by atoms with Crippen LogP contribution in [-0.4, -0.2) is 18.1 Å². The normalized spacial score (nSPS) is 28.6. The molecule has 0 amide bonds. The van der Waals surface area contributed by atoms with Gasteiger partial charge in [-0.05, 0) is 12.3 Å². The van der Waals surface area contributed by atoms with Crippen LogP contribution in [0.25, 0.3) is 0 Å². The third kappa shape index (κ3) is 0.967. The van der Waals surface area contributed by atoms with Gasteiger partial charge in [0.1, 0.15) is 0 Å². The van der Waals surface area contributed by atoms with Gasteiger partial charge in [-0.25, -0.2) is 0 Å². The van der Waals surface area contributed by atoms with Crippen molar-refractivity contribution in [2.24, 2.45) is 11.2 Å². The van der Waals surface area contributed by atoms with Gasteiger partial charge >= 0.3 is 0 Å². The molecule has 0 aromatic rings. The molecule has 0 aliphatic carbocycles. The van der Waals surface area contributed by atoms with Crippen LogP contribution in [0.15, 0.2) is 5.29 Å². The van der Waals surface area contributed by atoms with Gasteiger partial charge < -0.3 is 0 Å². The molecule has 1 rings (SSSR count). The van der Waals surface area contributed by atoms with Crippen molar-refractivity contribution >= 4 is 0 Å². The highest BCUT2D eigenvalue weighted by Crippen LogP contribution is 2.13. The van der Waals surface area contributed by atoms with Crippen molar-refractivity contribution < 1.29 is 0 Å². The van der Waals surface area contributed by atoms with E-state index in [9.17, 15) is 4.91 Å². The summed E-state index contributed by atoms with van der Waals surface area (Å²) < 4.78 is 0. The van der Waals surface area contributed by atoms with Crippen molar-refractivity contribution in [2.45, 2.75) is 13.3 Å². The molecule has 1 saturated heterocycles. The van der Waals surface area contributed by atoms with Gasteiger partial charge in [-0.1, -0.05) is 6.92 Å². The van der Waals surface area contributed by atoms with Gasteiger partial charge in [0.15, 0.2) is 0 Å². The molecule has 0 saturated carbocycles. The molecule has 1 aliphatic rings. The summed E-state index contributed by atoms with van der Waals surface area (Å²) in [5.41, 5.74) is 0. The molecule has 46 valence electrons. The molecule has 0 spiro atoms. The lowest BCUT2D eigenvalue weighted by Gasteiger charge is -2.02. The molecule has 3 nitrogen and oxygen atoms in total. The first-order valence-corrected chi connectivity index (χ1v) is 2.91. The third-order valence-corrected chi connectivity index (χ3v) is 1.52. The molecule has 0 aromatic carbocycles. The number of hydrogen-bond donors (Lipinski definition) is 0. The van der Waals surface area contributed by atoms with Gasteiger partial charge in [-0.3, -0.25) is 5.01 Å². The Morgan fingerprint density at radius 3 is 2.75 bits per heavy atom. The lowest BCUT2D eigenvalue weighted by Crippen LogP contribution is -2.10. The first kappa shape index (κ1) is 5.54. The SMILES string of the molecule is CC1CCN(N=O)C1. The second-order valence-corrected chi connectivity index (χ2v) is 2.39. The summed E-state index contributed by atoms with van der Waals surface area (Å²) in [7, 11) is 0. The van der Waals surface area contributed by atoms with Crippen LogP contribution in [0.5, 0.6) is 0 Å². The van der Waals surface area contributed by atoms with Crippen molar-refractivity contribution in [1.29, 1.82) is 0 Å². The van der Waals surface area contributed by atoms with Crippen LogP contribution >= 0.6 is 0 Å². The summed E-state index contributed by atoms with van der Waals surface area (Å²) in [6, 6.07) is 0. The highest BCUT2D eigenvalue weighted by Gasteiger charge is 2.16. The lowest BCUT2D eigenvalue weighted by molar-refractivity contribution is 0.343. The summed E-state index contributed by atoms with van der Waals surface area (Å²) >= 11 is 0. The third-order valence-electron chi connectivity index (χ3n) is 1.52. The Kier molecular flexibility index (Phi) is 1.46. The van der Waals surface area contributed by atoms with E-state index < -0.39 is 0 Å². The van der Waals surface area contributed by atoms with E-state index in [2.05, 4.69) is 12.2 Å². The molecule has 1 atom stereocenters. The van der Waals surface area contributed by atoms with Gasteiger partial charge in [-0.15, -0.1) is 4.91 Å². The van der Waals surface area contributed by atoms with Gasteiger partial charge in [0.05, 0.1) is 5.29 Å². The van der Waals surface area contributed by atoms with Gasteiger partial charge in [-0.2, -0.15) is 0 Å². The molecule has 3 heteroatoms. The highest BCUT2D eigenvalue weighted by atomic mass is 16.3. The van der Waals surface area contributed by atoms with Crippen LogP contribution in [0.1, 0.15) is 13.3 Å². The summed E-state index contributed by atoms with van der Waals surface area (Å²) in [4.78, 5) is 9.83. The van der Waals surface area contributed by atoms with Gasteiger partial charge in [0.25, 0.3) is 0 Å². The van der Waals surface area contributed by atoms with Crippen molar-refractivity contribution in [3.63, 3.8) is 0 Å². The molecule has 0 aromatic heterocycles. The zero-order valence-corrected chi connectivity index (χ0v) is 5.00. The van der Waals surface area contributed by atoms with Gasteiger partial charge in [0.2, 0.25) is 0 Å². The number of rotatable bonds is 1. The summed E-state index contributed by atoms with van der Waals surface area (Å²) in [6.07, 6.45) is 1.12. The van der Waals surface area contributed by atoms with E-state index in [1.54, 1.807) is 5.01 Å². The van der Waals surface area contributed by atoms with Crippen LogP contribution < -0.4 is 0 Å². The monoisotopic (exact) mass is 114 g/mol. The Morgan fingerprint density at radius 2 is 2.50 bits per heavy atom. The van der Waals surface area contributed by atoms with Gasteiger partial charge in [0, 0.05) is 13.1 Å². The topological polar surface area (TPSA) is 32.7 Å². The standard InChI is InChI=1S/C5H10N2O/c1-5-2-3-7(4-5)6-8/h5H,2-4H2,1H3. The number of hydrogen-bond acceptors (Lipinski definition) is 2.